The third kappa shape index (κ3) is 3.27. The molecule has 0 spiro atoms. The van der Waals surface area contributed by atoms with E-state index in [0.29, 0.717) is 22.9 Å². The van der Waals surface area contributed by atoms with Crippen molar-refractivity contribution in [1.82, 2.24) is 4.98 Å². The van der Waals surface area contributed by atoms with Crippen LogP contribution in [0.4, 0.5) is 5.82 Å². The largest absolute Gasteiger partial charge is 0.365 e. The number of nitrogens with two attached hydrogens (primary N) is 1. The van der Waals surface area contributed by atoms with Gasteiger partial charge in [-0.2, -0.15) is 0 Å². The van der Waals surface area contributed by atoms with Crippen LogP contribution in [0.3, 0.4) is 0 Å². The summed E-state index contributed by atoms with van der Waals surface area (Å²) in [5.74, 6) is 0.0403. The van der Waals surface area contributed by atoms with E-state index >= 15 is 0 Å². The summed E-state index contributed by atoms with van der Waals surface area (Å²) in [4.78, 5) is 15.9. The van der Waals surface area contributed by atoms with Crippen molar-refractivity contribution < 1.29 is 4.79 Å². The summed E-state index contributed by atoms with van der Waals surface area (Å²) >= 11 is 5.84. The molecule has 0 saturated heterocycles. The molecule has 104 valence electrons. The number of amides is 1. The highest BCUT2D eigenvalue weighted by Gasteiger charge is 2.13. The SMILES string of the molecule is Cc1cc(C)c(C(N)=O)c(NCc2ccc(Cl)cc2)n1. The van der Waals surface area contributed by atoms with E-state index in [1.54, 1.807) is 0 Å². The van der Waals surface area contributed by atoms with Crippen LogP contribution in [0.5, 0.6) is 0 Å². The van der Waals surface area contributed by atoms with Crippen molar-refractivity contribution in [2.45, 2.75) is 20.4 Å². The van der Waals surface area contributed by atoms with Gasteiger partial charge in [-0.25, -0.2) is 4.98 Å². The van der Waals surface area contributed by atoms with E-state index in [4.69, 9.17) is 17.3 Å². The summed E-state index contributed by atoms with van der Waals surface area (Å²) in [7, 11) is 0. The number of benzene rings is 1. The summed E-state index contributed by atoms with van der Waals surface area (Å²) in [6.07, 6.45) is 0. The Hall–Kier alpha value is -2.07. The molecule has 4 nitrogen and oxygen atoms in total. The molecule has 20 heavy (non-hydrogen) atoms. The molecule has 0 aliphatic rings. The minimum absolute atomic E-state index is 0.435. The van der Waals surface area contributed by atoms with Crippen LogP contribution in [0.25, 0.3) is 0 Å². The van der Waals surface area contributed by atoms with E-state index in [1.165, 1.54) is 0 Å². The maximum atomic E-state index is 11.5. The topological polar surface area (TPSA) is 68.0 Å². The molecule has 1 aromatic heterocycles. The van der Waals surface area contributed by atoms with Crippen LogP contribution in [0, 0.1) is 13.8 Å². The lowest BCUT2D eigenvalue weighted by Gasteiger charge is -2.12. The molecule has 0 aliphatic carbocycles. The zero-order valence-electron chi connectivity index (χ0n) is 11.4. The summed E-state index contributed by atoms with van der Waals surface area (Å²) in [5, 5.41) is 3.85. The van der Waals surface area contributed by atoms with Crippen LogP contribution in [-0.4, -0.2) is 10.9 Å². The van der Waals surface area contributed by atoms with Crippen molar-refractivity contribution in [2.24, 2.45) is 5.73 Å². The average Bonchev–Trinajstić information content (AvgIpc) is 2.36. The lowest BCUT2D eigenvalue weighted by atomic mass is 10.1. The van der Waals surface area contributed by atoms with E-state index in [-0.39, 0.29) is 0 Å². The molecule has 1 amide bonds. The number of carbonyl (C=O) groups is 1. The molecule has 1 heterocycles. The quantitative estimate of drug-likeness (QED) is 0.909. The predicted molar refractivity (Wildman–Crippen MR) is 81.0 cm³/mol. The molecule has 0 radical (unpaired) electrons. The lowest BCUT2D eigenvalue weighted by Crippen LogP contribution is -2.17. The van der Waals surface area contributed by atoms with Gasteiger partial charge in [-0.1, -0.05) is 23.7 Å². The minimum atomic E-state index is -0.478. The summed E-state index contributed by atoms with van der Waals surface area (Å²) in [5.41, 5.74) is 8.56. The van der Waals surface area contributed by atoms with Gasteiger partial charge in [0.05, 0.1) is 5.56 Å². The fourth-order valence-corrected chi connectivity index (χ4v) is 2.19. The molecule has 1 aromatic carbocycles. The van der Waals surface area contributed by atoms with Gasteiger partial charge in [-0.05, 0) is 43.2 Å². The van der Waals surface area contributed by atoms with Gasteiger partial charge in [-0.15, -0.1) is 0 Å². The van der Waals surface area contributed by atoms with Crippen molar-refractivity contribution in [1.29, 1.82) is 0 Å². The number of aryl methyl sites for hydroxylation is 2. The highest BCUT2D eigenvalue weighted by molar-refractivity contribution is 6.30. The highest BCUT2D eigenvalue weighted by atomic mass is 35.5. The van der Waals surface area contributed by atoms with Gasteiger partial charge < -0.3 is 11.1 Å². The molecule has 2 aromatic rings. The van der Waals surface area contributed by atoms with Gasteiger partial charge in [0, 0.05) is 17.3 Å². The Morgan fingerprint density at radius 3 is 2.55 bits per heavy atom. The van der Waals surface area contributed by atoms with Crippen molar-refractivity contribution in [2.75, 3.05) is 5.32 Å². The molecule has 0 saturated carbocycles. The molecule has 3 N–H and O–H groups in total. The molecule has 2 rings (SSSR count). The Kier molecular flexibility index (Phi) is 4.25. The van der Waals surface area contributed by atoms with Gasteiger partial charge in [0.1, 0.15) is 5.82 Å². The number of hydrogen-bond acceptors (Lipinski definition) is 3. The molecule has 0 atom stereocenters. The Morgan fingerprint density at radius 1 is 1.30 bits per heavy atom. The number of carbonyl (C=O) groups excluding carboxylic acids is 1. The summed E-state index contributed by atoms with van der Waals surface area (Å²) < 4.78 is 0. The first-order valence-corrected chi connectivity index (χ1v) is 6.61. The Labute approximate surface area is 123 Å². The molecular formula is C15H16ClN3O. The molecule has 0 aliphatic heterocycles. The first-order valence-electron chi connectivity index (χ1n) is 6.23. The number of nitrogens with zero attached hydrogens (tertiary/aromatic N) is 1. The first kappa shape index (κ1) is 14.3. The summed E-state index contributed by atoms with van der Waals surface area (Å²) in [6, 6.07) is 9.32. The smallest absolute Gasteiger partial charge is 0.252 e. The van der Waals surface area contributed by atoms with Crippen LogP contribution in [-0.2, 0) is 6.54 Å². The third-order valence-corrected chi connectivity index (χ3v) is 3.22. The maximum Gasteiger partial charge on any atom is 0.252 e. The second-order valence-corrected chi connectivity index (χ2v) is 5.08. The lowest BCUT2D eigenvalue weighted by molar-refractivity contribution is 0.1000. The standard InChI is InChI=1S/C15H16ClN3O/c1-9-7-10(2)19-15(13(9)14(17)20)18-8-11-3-5-12(16)6-4-11/h3-7H,8H2,1-2H3,(H2,17,20)(H,18,19). The van der Waals surface area contributed by atoms with E-state index < -0.39 is 5.91 Å². The number of pyridine rings is 1. The van der Waals surface area contributed by atoms with Crippen LogP contribution >= 0.6 is 11.6 Å². The van der Waals surface area contributed by atoms with E-state index in [0.717, 1.165) is 16.8 Å². The van der Waals surface area contributed by atoms with Crippen LogP contribution in [0.1, 0.15) is 27.2 Å². The number of rotatable bonds is 4. The number of anilines is 1. The monoisotopic (exact) mass is 289 g/mol. The zero-order chi connectivity index (χ0) is 14.7. The minimum Gasteiger partial charge on any atom is -0.365 e. The van der Waals surface area contributed by atoms with Gasteiger partial charge in [-0.3, -0.25) is 4.79 Å². The molecule has 0 bridgehead atoms. The normalized spacial score (nSPS) is 10.3. The number of aromatic nitrogens is 1. The van der Waals surface area contributed by atoms with E-state index in [2.05, 4.69) is 10.3 Å². The van der Waals surface area contributed by atoms with Crippen molar-refractivity contribution in [3.63, 3.8) is 0 Å². The fourth-order valence-electron chi connectivity index (χ4n) is 2.06. The second kappa shape index (κ2) is 5.92. The second-order valence-electron chi connectivity index (χ2n) is 4.65. The van der Waals surface area contributed by atoms with Crippen molar-refractivity contribution in [3.8, 4) is 0 Å². The summed E-state index contributed by atoms with van der Waals surface area (Å²) in [6.45, 7) is 4.28. The first-order chi connectivity index (χ1) is 9.47. The van der Waals surface area contributed by atoms with Gasteiger partial charge in [0.25, 0.3) is 5.91 Å². The molecule has 5 heteroatoms. The van der Waals surface area contributed by atoms with Gasteiger partial charge in [0.15, 0.2) is 0 Å². The van der Waals surface area contributed by atoms with Crippen LogP contribution in [0.2, 0.25) is 5.02 Å². The Balaban J connectivity index is 2.24. The number of halogens is 1. The van der Waals surface area contributed by atoms with Crippen LogP contribution in [0.15, 0.2) is 30.3 Å². The average molecular weight is 290 g/mol. The van der Waals surface area contributed by atoms with Crippen molar-refractivity contribution >= 4 is 23.3 Å². The molecule has 0 fully saturated rings. The number of nitrogens with one attached hydrogen (secondary N) is 1. The molecule has 0 unspecified atom stereocenters. The Bertz CT molecular complexity index is 638. The third-order valence-electron chi connectivity index (χ3n) is 2.96. The van der Waals surface area contributed by atoms with E-state index in [1.807, 2.05) is 44.2 Å². The zero-order valence-corrected chi connectivity index (χ0v) is 12.2. The number of hydrogen-bond donors (Lipinski definition) is 2. The van der Waals surface area contributed by atoms with Gasteiger partial charge >= 0.3 is 0 Å². The maximum absolute atomic E-state index is 11.5. The Morgan fingerprint density at radius 2 is 1.95 bits per heavy atom. The number of primary amides is 1. The van der Waals surface area contributed by atoms with Gasteiger partial charge in [0.2, 0.25) is 0 Å². The predicted octanol–water partition coefficient (Wildman–Crippen LogP) is 3.06. The fraction of sp³-hybridized carbons (Fsp3) is 0.200. The van der Waals surface area contributed by atoms with Crippen LogP contribution < -0.4 is 11.1 Å². The highest BCUT2D eigenvalue weighted by Crippen LogP contribution is 2.19. The molecular weight excluding hydrogens is 274 g/mol. The van der Waals surface area contributed by atoms with Crippen molar-refractivity contribution in [3.05, 3.63) is 57.7 Å². The van der Waals surface area contributed by atoms with E-state index in [9.17, 15) is 4.79 Å².